The van der Waals surface area contributed by atoms with Crippen LogP contribution in [0.5, 0.6) is 0 Å². The largest absolute Gasteiger partial charge is 0.444 e. The van der Waals surface area contributed by atoms with Crippen molar-refractivity contribution in [3.05, 3.63) is 63.3 Å². The highest BCUT2D eigenvalue weighted by Crippen LogP contribution is 2.34. The molecule has 1 amide bonds. The molecule has 0 radical (unpaired) electrons. The highest BCUT2D eigenvalue weighted by molar-refractivity contribution is 5.93. The van der Waals surface area contributed by atoms with Gasteiger partial charge < -0.3 is 29.0 Å². The molecule has 1 aliphatic heterocycles. The molecule has 4 atom stereocenters. The van der Waals surface area contributed by atoms with E-state index in [0.29, 0.717) is 16.5 Å². The summed E-state index contributed by atoms with van der Waals surface area (Å²) < 4.78 is 17.9. The maximum Gasteiger partial charge on any atom is 0.413 e. The molecule has 1 aromatic carbocycles. The van der Waals surface area contributed by atoms with Crippen LogP contribution < -0.4 is 15.8 Å². The average Bonchev–Trinajstić information content (AvgIpc) is 3.53. The van der Waals surface area contributed by atoms with Crippen molar-refractivity contribution in [3.63, 3.8) is 0 Å². The Morgan fingerprint density at radius 3 is 2.80 bits per heavy atom. The number of azide groups is 1. The predicted molar refractivity (Wildman–Crippen MR) is 145 cm³/mol. The Balaban J connectivity index is 1.34. The number of benzene rings is 1. The molecule has 0 saturated carbocycles. The molecule has 4 heterocycles. The number of anilines is 2. The molecule has 16 nitrogen and oxygen atoms in total. The monoisotopic (exact) mass is 565 g/mol. The third kappa shape index (κ3) is 5.36. The number of carbonyl (C=O) groups excluding carboxylic acids is 1. The Morgan fingerprint density at radius 1 is 1.27 bits per heavy atom. The van der Waals surface area contributed by atoms with Crippen LogP contribution in [0.2, 0.25) is 0 Å². The highest BCUT2D eigenvalue weighted by atomic mass is 16.6. The number of fused-ring (bicyclic) bond motifs is 2. The van der Waals surface area contributed by atoms with Gasteiger partial charge in [0.15, 0.2) is 17.0 Å². The molecule has 1 saturated heterocycles. The van der Waals surface area contributed by atoms with Gasteiger partial charge in [-0.2, -0.15) is 0 Å². The molecule has 0 aliphatic carbocycles. The van der Waals surface area contributed by atoms with Gasteiger partial charge in [0, 0.05) is 46.8 Å². The van der Waals surface area contributed by atoms with Crippen molar-refractivity contribution in [3.8, 4) is 0 Å². The quantitative estimate of drug-likeness (QED) is 0.116. The molecule has 1 fully saturated rings. The van der Waals surface area contributed by atoms with Crippen LogP contribution in [-0.2, 0) is 16.1 Å². The van der Waals surface area contributed by atoms with Crippen molar-refractivity contribution in [1.29, 1.82) is 0 Å². The first-order chi connectivity index (χ1) is 19.9. The van der Waals surface area contributed by atoms with Gasteiger partial charge in [-0.3, -0.25) is 9.88 Å². The number of imidazole rings is 1. The standard InChI is InChI=1S/C25H27N9O7/c1-3-33(4-2)14-5-6-15-13(7-18(36)40-16(15)8-14)10-39-25(38)30-22-20-23(28-11-27-22)34(12-29-20)24-19(31-32-26)21(37)17(9-35)41-24/h5-8,11-12,17,19,21,24,35,37H,3-4,9-10H2,1-2H3,(H,27,28,30,38). The Kier molecular flexibility index (Phi) is 7.98. The molecule has 3 N–H and O–H groups in total. The number of carbonyl (C=O) groups is 1. The number of aliphatic hydroxyl groups excluding tert-OH is 2. The van der Waals surface area contributed by atoms with Gasteiger partial charge >= 0.3 is 11.7 Å². The molecule has 0 spiro atoms. The van der Waals surface area contributed by atoms with Crippen molar-refractivity contribution < 1.29 is 28.9 Å². The number of amides is 1. The number of nitrogens with zero attached hydrogens (tertiary/aromatic N) is 8. The number of hydrogen-bond donors (Lipinski definition) is 3. The van der Waals surface area contributed by atoms with Crippen molar-refractivity contribution in [2.45, 2.75) is 44.9 Å². The molecule has 16 heteroatoms. The number of aliphatic hydroxyl groups is 2. The summed E-state index contributed by atoms with van der Waals surface area (Å²) in [5, 5.41) is 26.6. The normalized spacial score (nSPS) is 20.2. The van der Waals surface area contributed by atoms with E-state index in [4.69, 9.17) is 19.4 Å². The van der Waals surface area contributed by atoms with Crippen molar-refractivity contribution in [2.75, 3.05) is 29.9 Å². The molecule has 4 aromatic rings. The zero-order valence-electron chi connectivity index (χ0n) is 22.1. The number of aromatic nitrogens is 4. The van der Waals surface area contributed by atoms with Gasteiger partial charge in [-0.25, -0.2) is 24.5 Å². The van der Waals surface area contributed by atoms with Crippen LogP contribution in [0.4, 0.5) is 16.3 Å². The lowest BCUT2D eigenvalue weighted by atomic mass is 10.1. The van der Waals surface area contributed by atoms with Gasteiger partial charge in [-0.05, 0) is 31.5 Å². The molecule has 41 heavy (non-hydrogen) atoms. The number of rotatable bonds is 9. The lowest BCUT2D eigenvalue weighted by Gasteiger charge is -2.21. The fourth-order valence-corrected chi connectivity index (χ4v) is 4.82. The summed E-state index contributed by atoms with van der Waals surface area (Å²) in [6.45, 7) is 4.93. The minimum absolute atomic E-state index is 0.0256. The molecule has 5 rings (SSSR count). The minimum Gasteiger partial charge on any atom is -0.444 e. The second-order valence-corrected chi connectivity index (χ2v) is 9.12. The van der Waals surface area contributed by atoms with Crippen LogP contribution in [-0.4, -0.2) is 73.8 Å². The van der Waals surface area contributed by atoms with Crippen molar-refractivity contribution >= 4 is 39.7 Å². The first-order valence-electron chi connectivity index (χ1n) is 12.8. The summed E-state index contributed by atoms with van der Waals surface area (Å²) in [4.78, 5) is 42.3. The molecule has 1 aliphatic rings. The van der Waals surface area contributed by atoms with E-state index in [1.165, 1.54) is 23.3 Å². The second kappa shape index (κ2) is 11.8. The molecule has 4 unspecified atom stereocenters. The SMILES string of the molecule is CCN(CC)c1ccc2c(COC(=O)Nc3ncnc4c3ncn4C3OC(CO)C(O)C3N=[N+]=[N-])cc(=O)oc2c1. The van der Waals surface area contributed by atoms with E-state index in [1.54, 1.807) is 6.07 Å². The van der Waals surface area contributed by atoms with E-state index >= 15 is 0 Å². The average molecular weight is 566 g/mol. The van der Waals surface area contributed by atoms with Crippen LogP contribution in [0.25, 0.3) is 32.6 Å². The molecular formula is C25H27N9O7. The molecule has 214 valence electrons. The maximum atomic E-state index is 12.7. The Bertz CT molecular complexity index is 1680. The minimum atomic E-state index is -1.26. The van der Waals surface area contributed by atoms with Crippen molar-refractivity contribution in [2.24, 2.45) is 5.11 Å². The van der Waals surface area contributed by atoms with E-state index in [0.717, 1.165) is 18.8 Å². The maximum absolute atomic E-state index is 12.7. The van der Waals surface area contributed by atoms with Crippen LogP contribution in [0, 0.1) is 0 Å². The lowest BCUT2D eigenvalue weighted by Crippen LogP contribution is -2.31. The summed E-state index contributed by atoms with van der Waals surface area (Å²) in [6.07, 6.45) is -1.61. The summed E-state index contributed by atoms with van der Waals surface area (Å²) in [5.74, 6) is 0.0256. The predicted octanol–water partition coefficient (Wildman–Crippen LogP) is 2.46. The van der Waals surface area contributed by atoms with Gasteiger partial charge in [0.2, 0.25) is 0 Å². The van der Waals surface area contributed by atoms with Gasteiger partial charge in [0.25, 0.3) is 0 Å². The third-order valence-electron chi connectivity index (χ3n) is 6.86. The highest BCUT2D eigenvalue weighted by Gasteiger charge is 2.44. The zero-order chi connectivity index (χ0) is 29.1. The topological polar surface area (TPSA) is 214 Å². The summed E-state index contributed by atoms with van der Waals surface area (Å²) >= 11 is 0. The van der Waals surface area contributed by atoms with E-state index in [1.807, 2.05) is 26.0 Å². The Labute approximate surface area is 231 Å². The van der Waals surface area contributed by atoms with Gasteiger partial charge in [-0.1, -0.05) is 5.11 Å². The van der Waals surface area contributed by atoms with Gasteiger partial charge in [0.05, 0.1) is 19.0 Å². The van der Waals surface area contributed by atoms with E-state index in [9.17, 15) is 19.8 Å². The zero-order valence-corrected chi connectivity index (χ0v) is 22.1. The molecule has 3 aromatic heterocycles. The van der Waals surface area contributed by atoms with Crippen LogP contribution >= 0.6 is 0 Å². The van der Waals surface area contributed by atoms with E-state index in [2.05, 4.69) is 35.2 Å². The fourth-order valence-electron chi connectivity index (χ4n) is 4.82. The summed E-state index contributed by atoms with van der Waals surface area (Å²) in [6, 6.07) is 5.72. The summed E-state index contributed by atoms with van der Waals surface area (Å²) in [5.41, 5.74) is 10.5. The number of ether oxygens (including phenoxy) is 2. The van der Waals surface area contributed by atoms with Gasteiger partial charge in [0.1, 0.15) is 36.9 Å². The first-order valence-corrected chi connectivity index (χ1v) is 12.8. The number of hydrogen-bond acceptors (Lipinski definition) is 12. The van der Waals surface area contributed by atoms with E-state index in [-0.39, 0.29) is 23.6 Å². The molecule has 0 bridgehead atoms. The summed E-state index contributed by atoms with van der Waals surface area (Å²) in [7, 11) is 0. The van der Waals surface area contributed by atoms with Crippen LogP contribution in [0.1, 0.15) is 25.6 Å². The lowest BCUT2D eigenvalue weighted by molar-refractivity contribution is -0.0437. The van der Waals surface area contributed by atoms with Crippen LogP contribution in [0.3, 0.4) is 0 Å². The van der Waals surface area contributed by atoms with E-state index < -0.39 is 42.8 Å². The fraction of sp³-hybridized carbons (Fsp3) is 0.400. The van der Waals surface area contributed by atoms with Gasteiger partial charge in [-0.15, -0.1) is 0 Å². The van der Waals surface area contributed by atoms with Crippen LogP contribution in [0.15, 0.2) is 51.2 Å². The Morgan fingerprint density at radius 2 is 2.07 bits per heavy atom. The first kappa shape index (κ1) is 27.8. The smallest absolute Gasteiger partial charge is 0.413 e. The molecular weight excluding hydrogens is 538 g/mol. The second-order valence-electron chi connectivity index (χ2n) is 9.12. The third-order valence-corrected chi connectivity index (χ3v) is 6.86. The Hall–Kier alpha value is -4.76. The number of nitrogens with one attached hydrogen (secondary N) is 1. The van der Waals surface area contributed by atoms with Crippen molar-refractivity contribution in [1.82, 2.24) is 19.5 Å².